The van der Waals surface area contributed by atoms with Crippen LogP contribution in [0.1, 0.15) is 71.5 Å². The molecule has 1 aliphatic rings. The Morgan fingerprint density at radius 1 is 0.907 bits per heavy atom. The number of amides is 2. The van der Waals surface area contributed by atoms with Crippen LogP contribution in [0.3, 0.4) is 0 Å². The van der Waals surface area contributed by atoms with E-state index in [2.05, 4.69) is 5.32 Å². The Morgan fingerprint density at radius 3 is 2.00 bits per heavy atom. The zero-order chi connectivity index (χ0) is 32.3. The third kappa shape index (κ3) is 6.32. The fourth-order valence-corrected chi connectivity index (χ4v) is 5.33. The summed E-state index contributed by atoms with van der Waals surface area (Å²) in [5.41, 5.74) is 1.80. The number of carbonyl (C=O) groups excluding carboxylic acids is 5. The Bertz CT molecular complexity index is 1550. The number of hydrogen-bond acceptors (Lipinski definition) is 11. The summed E-state index contributed by atoms with van der Waals surface area (Å²) in [6, 6.07) is 3.56. The smallest absolute Gasteiger partial charge is 0.308 e. The average molecular weight is 596 g/mol. The third-order valence-electron chi connectivity index (χ3n) is 6.89. The molecule has 12 nitrogen and oxygen atoms in total. The molecule has 0 spiro atoms. The summed E-state index contributed by atoms with van der Waals surface area (Å²) in [6.07, 6.45) is 0.712. The summed E-state index contributed by atoms with van der Waals surface area (Å²) >= 11 is 0. The number of anilines is 2. The minimum atomic E-state index is -1.05. The molecule has 43 heavy (non-hydrogen) atoms. The second-order valence-electron chi connectivity index (χ2n) is 10.4. The van der Waals surface area contributed by atoms with Crippen molar-refractivity contribution in [3.63, 3.8) is 0 Å². The van der Waals surface area contributed by atoms with Crippen molar-refractivity contribution in [3.05, 3.63) is 45.5 Å². The molecule has 3 rings (SSSR count). The summed E-state index contributed by atoms with van der Waals surface area (Å²) in [4.78, 5) is 67.6. The second kappa shape index (κ2) is 13.0. The van der Waals surface area contributed by atoms with Crippen LogP contribution in [0.25, 0.3) is 5.76 Å². The van der Waals surface area contributed by atoms with E-state index in [-0.39, 0.29) is 41.2 Å². The highest BCUT2D eigenvalue weighted by Crippen LogP contribution is 2.49. The van der Waals surface area contributed by atoms with Crippen LogP contribution in [-0.2, 0) is 27.2 Å². The van der Waals surface area contributed by atoms with Gasteiger partial charge in [-0.25, -0.2) is 0 Å². The van der Waals surface area contributed by atoms with Gasteiger partial charge in [0, 0.05) is 60.2 Å². The minimum Gasteiger partial charge on any atom is -0.507 e. The highest BCUT2D eigenvalue weighted by molar-refractivity contribution is 6.20. The molecule has 0 fully saturated rings. The maximum atomic E-state index is 14.4. The van der Waals surface area contributed by atoms with Gasteiger partial charge >= 0.3 is 11.9 Å². The van der Waals surface area contributed by atoms with Gasteiger partial charge in [0.1, 0.15) is 17.1 Å². The number of benzene rings is 2. The van der Waals surface area contributed by atoms with E-state index in [1.807, 2.05) is 32.0 Å². The number of hydrogen-bond donors (Lipinski definition) is 2. The number of allylic oxidation sites excluding steroid dienone is 1. The zero-order valence-electron chi connectivity index (χ0n) is 25.9. The van der Waals surface area contributed by atoms with Gasteiger partial charge < -0.3 is 29.1 Å². The number of methoxy groups -OCH3 is 1. The van der Waals surface area contributed by atoms with Crippen molar-refractivity contribution < 1.29 is 43.3 Å². The number of aliphatic hydroxyl groups is 1. The molecule has 0 bridgehead atoms. The zero-order valence-corrected chi connectivity index (χ0v) is 25.9. The fourth-order valence-electron chi connectivity index (χ4n) is 5.33. The molecule has 2 amide bonds. The number of aliphatic hydroxyl groups excluding tert-OH is 1. The van der Waals surface area contributed by atoms with Gasteiger partial charge in [0.25, 0.3) is 5.91 Å². The molecule has 230 valence electrons. The second-order valence-corrected chi connectivity index (χ2v) is 10.4. The van der Waals surface area contributed by atoms with Crippen LogP contribution in [0, 0.1) is 0 Å². The Kier molecular flexibility index (Phi) is 9.85. The lowest BCUT2D eigenvalue weighted by molar-refractivity contribution is -0.132. The third-order valence-corrected chi connectivity index (χ3v) is 6.89. The topological polar surface area (TPSA) is 152 Å². The van der Waals surface area contributed by atoms with Crippen LogP contribution in [-0.4, -0.2) is 69.9 Å². The van der Waals surface area contributed by atoms with E-state index in [9.17, 15) is 29.1 Å². The van der Waals surface area contributed by atoms with Gasteiger partial charge in [0.05, 0.1) is 23.9 Å². The molecular weight excluding hydrogens is 558 g/mol. The molecule has 0 aliphatic heterocycles. The van der Waals surface area contributed by atoms with Crippen LogP contribution in [0.15, 0.2) is 17.7 Å². The summed E-state index contributed by atoms with van der Waals surface area (Å²) in [5.74, 6) is -4.86. The van der Waals surface area contributed by atoms with E-state index >= 15 is 0 Å². The van der Waals surface area contributed by atoms with E-state index in [1.165, 1.54) is 7.11 Å². The molecule has 0 saturated carbocycles. The first-order valence-electron chi connectivity index (χ1n) is 13.6. The molecule has 0 radical (unpaired) electrons. The van der Waals surface area contributed by atoms with Crippen molar-refractivity contribution in [2.45, 2.75) is 47.0 Å². The van der Waals surface area contributed by atoms with Gasteiger partial charge in [-0.2, -0.15) is 0 Å². The van der Waals surface area contributed by atoms with Crippen LogP contribution in [0.5, 0.6) is 17.2 Å². The summed E-state index contributed by atoms with van der Waals surface area (Å²) in [7, 11) is 8.43. The van der Waals surface area contributed by atoms with Gasteiger partial charge in [-0.3, -0.25) is 29.3 Å². The normalized spacial score (nSPS) is 13.5. The first kappa shape index (κ1) is 32.6. The van der Waals surface area contributed by atoms with Crippen molar-refractivity contribution in [1.29, 1.82) is 0 Å². The van der Waals surface area contributed by atoms with Crippen molar-refractivity contribution in [3.8, 4) is 17.2 Å². The van der Waals surface area contributed by atoms with E-state index < -0.39 is 40.8 Å². The molecule has 0 saturated heterocycles. The van der Waals surface area contributed by atoms with Gasteiger partial charge in [-0.15, -0.1) is 0 Å². The Hall–Kier alpha value is -4.87. The highest BCUT2D eigenvalue weighted by Gasteiger charge is 2.39. The highest BCUT2D eigenvalue weighted by atomic mass is 16.5. The summed E-state index contributed by atoms with van der Waals surface area (Å²) in [5, 5.41) is 13.9. The quantitative estimate of drug-likeness (QED) is 0.199. The SMILES string of the molecule is CCc1c(N(C)C)ccc(OC)c1C(O)=C1CCc2c(c(OC(C)=O)c(C(=O)NC(C)=O)c(OC(C)=O)c2N(C)C)C1=O. The predicted octanol–water partition coefficient (Wildman–Crippen LogP) is 3.61. The van der Waals surface area contributed by atoms with Crippen molar-refractivity contribution >= 4 is 46.7 Å². The number of Topliss-reactive ketones (excluding diaryl/α,β-unsaturated/α-hetero) is 1. The molecule has 12 heteroatoms. The predicted molar refractivity (Wildman–Crippen MR) is 160 cm³/mol. The number of esters is 2. The molecule has 2 N–H and O–H groups in total. The molecule has 0 aromatic heterocycles. The van der Waals surface area contributed by atoms with E-state index in [0.29, 0.717) is 23.3 Å². The van der Waals surface area contributed by atoms with Crippen LogP contribution < -0.4 is 29.3 Å². The van der Waals surface area contributed by atoms with E-state index in [1.54, 1.807) is 25.1 Å². The monoisotopic (exact) mass is 595 g/mol. The molecule has 1 aliphatic carbocycles. The number of ether oxygens (including phenoxy) is 3. The average Bonchev–Trinajstić information content (AvgIpc) is 2.90. The lowest BCUT2D eigenvalue weighted by Gasteiger charge is -2.30. The fraction of sp³-hybridized carbons (Fsp3) is 0.387. The maximum absolute atomic E-state index is 14.4. The Balaban J connectivity index is 2.50. The van der Waals surface area contributed by atoms with Crippen molar-refractivity contribution in [2.24, 2.45) is 0 Å². The van der Waals surface area contributed by atoms with Gasteiger partial charge in [0.15, 0.2) is 17.3 Å². The summed E-state index contributed by atoms with van der Waals surface area (Å²) in [6.45, 7) is 5.23. The molecule has 0 unspecified atom stereocenters. The number of fused-ring (bicyclic) bond motifs is 1. The summed E-state index contributed by atoms with van der Waals surface area (Å²) < 4.78 is 16.5. The Morgan fingerprint density at radius 2 is 1.51 bits per heavy atom. The molecular formula is C31H37N3O9. The van der Waals surface area contributed by atoms with E-state index in [4.69, 9.17) is 14.2 Å². The van der Waals surface area contributed by atoms with Crippen LogP contribution in [0.4, 0.5) is 11.4 Å². The molecule has 2 aromatic rings. The van der Waals surface area contributed by atoms with Gasteiger partial charge in [-0.05, 0) is 42.5 Å². The standard InChI is InChI=1S/C31H37N3O9/c1-10-18-21(33(5)6)13-14-22(41-9)23(18)27(38)20-12-11-19-24(28(20)39)29(42-16(3)36)25(31(40)32-15(2)35)30(43-17(4)37)26(19)34(7)8/h13-14,38H,10-12H2,1-9H3,(H,32,35,40). The van der Waals surface area contributed by atoms with Crippen molar-refractivity contribution in [1.82, 2.24) is 5.32 Å². The molecule has 2 aromatic carbocycles. The first-order valence-corrected chi connectivity index (χ1v) is 13.6. The molecule has 0 heterocycles. The van der Waals surface area contributed by atoms with Gasteiger partial charge in [0.2, 0.25) is 5.91 Å². The first-order chi connectivity index (χ1) is 20.2. The number of carbonyl (C=O) groups is 5. The lowest BCUT2D eigenvalue weighted by atomic mass is 9.81. The minimum absolute atomic E-state index is 0.00711. The van der Waals surface area contributed by atoms with Gasteiger partial charge in [-0.1, -0.05) is 6.92 Å². The van der Waals surface area contributed by atoms with Crippen LogP contribution in [0.2, 0.25) is 0 Å². The van der Waals surface area contributed by atoms with E-state index in [0.717, 1.165) is 32.0 Å². The number of ketones is 1. The number of nitrogens with zero attached hydrogens (tertiary/aromatic N) is 2. The number of imide groups is 1. The number of rotatable bonds is 8. The van der Waals surface area contributed by atoms with Crippen molar-refractivity contribution in [2.75, 3.05) is 45.1 Å². The molecule has 0 atom stereocenters. The largest absolute Gasteiger partial charge is 0.507 e. The maximum Gasteiger partial charge on any atom is 0.308 e. The number of nitrogens with one attached hydrogen (secondary N) is 1. The van der Waals surface area contributed by atoms with Crippen LogP contribution >= 0.6 is 0 Å². The Labute approximate surface area is 250 Å². The lowest BCUT2D eigenvalue weighted by Crippen LogP contribution is -2.32.